The standard InChI is InChI=1S/C26H19FN6O3/c27-17-6-2-1-5-16(17)13-30-33-24(28)22(23-25(33)32-19-8-4-3-7-18(19)31-23)26(34)29-12-15-9-10-20-21(11-15)36-14-35-20/h1-11,13H,12,14,28H2,(H,29,34). The molecule has 2 aromatic heterocycles. The molecule has 5 aromatic rings. The Morgan fingerprint density at radius 1 is 1.06 bits per heavy atom. The van der Waals surface area contributed by atoms with Crippen LogP contribution in [0.2, 0.25) is 0 Å². The van der Waals surface area contributed by atoms with Crippen molar-refractivity contribution in [2.24, 2.45) is 5.10 Å². The van der Waals surface area contributed by atoms with E-state index in [2.05, 4.69) is 20.4 Å². The van der Waals surface area contributed by atoms with Crippen molar-refractivity contribution < 1.29 is 18.7 Å². The van der Waals surface area contributed by atoms with Gasteiger partial charge in [-0.05, 0) is 35.9 Å². The number of benzene rings is 3. The zero-order valence-corrected chi connectivity index (χ0v) is 18.8. The zero-order chi connectivity index (χ0) is 24.6. The average Bonchev–Trinajstić information content (AvgIpc) is 3.46. The van der Waals surface area contributed by atoms with Crippen molar-refractivity contribution in [1.29, 1.82) is 0 Å². The molecule has 0 aliphatic carbocycles. The second kappa shape index (κ2) is 8.66. The molecule has 0 fully saturated rings. The summed E-state index contributed by atoms with van der Waals surface area (Å²) in [5.41, 5.74) is 9.41. The molecular formula is C26H19FN6O3. The Bertz CT molecular complexity index is 1680. The van der Waals surface area contributed by atoms with Gasteiger partial charge in [0.2, 0.25) is 6.79 Å². The second-order valence-electron chi connectivity index (χ2n) is 8.09. The van der Waals surface area contributed by atoms with Crippen LogP contribution >= 0.6 is 0 Å². The van der Waals surface area contributed by atoms with Gasteiger partial charge in [-0.15, -0.1) is 0 Å². The molecule has 3 aromatic carbocycles. The topological polar surface area (TPSA) is 117 Å². The van der Waals surface area contributed by atoms with E-state index in [4.69, 9.17) is 15.2 Å². The lowest BCUT2D eigenvalue weighted by atomic mass is 10.2. The number of carbonyl (C=O) groups excluding carboxylic acids is 1. The Labute approximate surface area is 204 Å². The van der Waals surface area contributed by atoms with Crippen molar-refractivity contribution in [2.45, 2.75) is 6.54 Å². The van der Waals surface area contributed by atoms with Gasteiger partial charge in [-0.2, -0.15) is 9.78 Å². The molecule has 178 valence electrons. The van der Waals surface area contributed by atoms with Gasteiger partial charge in [-0.1, -0.05) is 36.4 Å². The number of nitrogens with two attached hydrogens (primary N) is 1. The molecule has 0 saturated heterocycles. The fourth-order valence-electron chi connectivity index (χ4n) is 4.01. The molecule has 3 heterocycles. The van der Waals surface area contributed by atoms with Gasteiger partial charge in [0.1, 0.15) is 22.7 Å². The fourth-order valence-corrected chi connectivity index (χ4v) is 4.01. The summed E-state index contributed by atoms with van der Waals surface area (Å²) in [7, 11) is 0. The molecular weight excluding hydrogens is 463 g/mol. The minimum absolute atomic E-state index is 0.0380. The van der Waals surface area contributed by atoms with E-state index in [-0.39, 0.29) is 35.9 Å². The zero-order valence-electron chi connectivity index (χ0n) is 18.8. The van der Waals surface area contributed by atoms with Crippen LogP contribution in [0.25, 0.3) is 22.2 Å². The van der Waals surface area contributed by atoms with Crippen molar-refractivity contribution in [1.82, 2.24) is 20.0 Å². The number of carbonyl (C=O) groups is 1. The van der Waals surface area contributed by atoms with Gasteiger partial charge in [0.25, 0.3) is 5.91 Å². The number of hydrogen-bond donors (Lipinski definition) is 2. The van der Waals surface area contributed by atoms with Gasteiger partial charge in [-0.25, -0.2) is 14.4 Å². The summed E-state index contributed by atoms with van der Waals surface area (Å²) >= 11 is 0. The Hall–Kier alpha value is -4.99. The third-order valence-electron chi connectivity index (χ3n) is 5.81. The maximum absolute atomic E-state index is 14.2. The number of nitrogens with zero attached hydrogens (tertiary/aromatic N) is 4. The van der Waals surface area contributed by atoms with Crippen LogP contribution < -0.4 is 20.5 Å². The van der Waals surface area contributed by atoms with Crippen molar-refractivity contribution >= 4 is 40.1 Å². The minimum Gasteiger partial charge on any atom is -0.454 e. The highest BCUT2D eigenvalue weighted by Crippen LogP contribution is 2.33. The van der Waals surface area contributed by atoms with E-state index in [0.717, 1.165) is 5.56 Å². The van der Waals surface area contributed by atoms with Crippen molar-refractivity contribution in [3.05, 3.63) is 89.2 Å². The van der Waals surface area contributed by atoms with Gasteiger partial charge in [0.05, 0.1) is 17.2 Å². The third kappa shape index (κ3) is 3.74. The minimum atomic E-state index is -0.445. The summed E-state index contributed by atoms with van der Waals surface area (Å²) in [6, 6.07) is 18.9. The van der Waals surface area contributed by atoms with E-state index in [1.807, 2.05) is 18.2 Å². The molecule has 0 unspecified atom stereocenters. The highest BCUT2D eigenvalue weighted by Gasteiger charge is 2.24. The Morgan fingerprint density at radius 3 is 2.64 bits per heavy atom. The summed E-state index contributed by atoms with van der Waals surface area (Å²) in [6.45, 7) is 0.391. The summed E-state index contributed by atoms with van der Waals surface area (Å²) in [5, 5.41) is 7.22. The predicted octanol–water partition coefficient (Wildman–Crippen LogP) is 3.85. The second-order valence-corrected chi connectivity index (χ2v) is 8.09. The molecule has 1 amide bonds. The van der Waals surface area contributed by atoms with Crippen LogP contribution in [0.3, 0.4) is 0 Å². The van der Waals surface area contributed by atoms with Crippen LogP contribution in [0.15, 0.2) is 71.8 Å². The first-order valence-corrected chi connectivity index (χ1v) is 11.1. The molecule has 0 saturated carbocycles. The van der Waals surface area contributed by atoms with Crippen LogP contribution in [0.5, 0.6) is 11.5 Å². The number of nitrogens with one attached hydrogen (secondary N) is 1. The molecule has 0 radical (unpaired) electrons. The van der Waals surface area contributed by atoms with Crippen LogP contribution in [0.1, 0.15) is 21.5 Å². The highest BCUT2D eigenvalue weighted by molar-refractivity contribution is 6.10. The Morgan fingerprint density at radius 2 is 1.81 bits per heavy atom. The van der Waals surface area contributed by atoms with E-state index >= 15 is 0 Å². The SMILES string of the molecule is Nc1c(C(=O)NCc2ccc3c(c2)OCO3)c2nc3ccccc3nc2n1N=Cc1ccccc1F. The molecule has 1 aliphatic heterocycles. The molecule has 10 heteroatoms. The first kappa shape index (κ1) is 21.5. The largest absolute Gasteiger partial charge is 0.454 e. The third-order valence-corrected chi connectivity index (χ3v) is 5.81. The monoisotopic (exact) mass is 482 g/mol. The maximum Gasteiger partial charge on any atom is 0.257 e. The summed E-state index contributed by atoms with van der Waals surface area (Å²) in [5.74, 6) is 0.440. The predicted molar refractivity (Wildman–Crippen MR) is 133 cm³/mol. The van der Waals surface area contributed by atoms with Gasteiger partial charge in [0, 0.05) is 12.1 Å². The average molecular weight is 482 g/mol. The normalized spacial score (nSPS) is 12.6. The van der Waals surface area contributed by atoms with Gasteiger partial charge >= 0.3 is 0 Å². The van der Waals surface area contributed by atoms with Crippen LogP contribution in [-0.4, -0.2) is 33.6 Å². The summed E-state index contributed by atoms with van der Waals surface area (Å²) < 4.78 is 26.2. The number of nitrogen functional groups attached to an aromatic ring is 1. The summed E-state index contributed by atoms with van der Waals surface area (Å²) in [4.78, 5) is 22.6. The molecule has 36 heavy (non-hydrogen) atoms. The summed E-state index contributed by atoms with van der Waals surface area (Å²) in [6.07, 6.45) is 1.33. The lowest BCUT2D eigenvalue weighted by molar-refractivity contribution is 0.0953. The van der Waals surface area contributed by atoms with Crippen LogP contribution in [0, 0.1) is 5.82 Å². The molecule has 0 bridgehead atoms. The number of ether oxygens (including phenoxy) is 2. The van der Waals surface area contributed by atoms with Gasteiger partial charge in [0.15, 0.2) is 17.1 Å². The van der Waals surface area contributed by atoms with Crippen LogP contribution in [-0.2, 0) is 6.54 Å². The number of hydrogen-bond acceptors (Lipinski definition) is 7. The quantitative estimate of drug-likeness (QED) is 0.368. The van der Waals surface area contributed by atoms with E-state index in [1.54, 1.807) is 42.5 Å². The van der Waals surface area contributed by atoms with Crippen LogP contribution in [0.4, 0.5) is 10.2 Å². The van der Waals surface area contributed by atoms with E-state index in [0.29, 0.717) is 28.0 Å². The molecule has 3 N–H and O–H groups in total. The number of halogens is 1. The smallest absolute Gasteiger partial charge is 0.257 e. The molecule has 0 atom stereocenters. The van der Waals surface area contributed by atoms with Gasteiger partial charge in [-0.3, -0.25) is 4.79 Å². The number of rotatable bonds is 5. The maximum atomic E-state index is 14.2. The number of aromatic nitrogens is 3. The van der Waals surface area contributed by atoms with Crippen molar-refractivity contribution in [2.75, 3.05) is 12.5 Å². The van der Waals surface area contributed by atoms with E-state index in [9.17, 15) is 9.18 Å². The fraction of sp³-hybridized carbons (Fsp3) is 0.0769. The number of amides is 1. The first-order chi connectivity index (χ1) is 17.6. The lowest BCUT2D eigenvalue weighted by Gasteiger charge is -2.06. The molecule has 9 nitrogen and oxygen atoms in total. The van der Waals surface area contributed by atoms with Gasteiger partial charge < -0.3 is 20.5 Å². The lowest BCUT2D eigenvalue weighted by Crippen LogP contribution is -2.23. The number of anilines is 1. The first-order valence-electron chi connectivity index (χ1n) is 11.1. The highest BCUT2D eigenvalue weighted by atomic mass is 19.1. The van der Waals surface area contributed by atoms with Crippen molar-refractivity contribution in [3.63, 3.8) is 0 Å². The number of fused-ring (bicyclic) bond motifs is 3. The number of para-hydroxylation sites is 2. The Kier molecular flexibility index (Phi) is 5.18. The molecule has 0 spiro atoms. The molecule has 6 rings (SSSR count). The van der Waals surface area contributed by atoms with Crippen molar-refractivity contribution in [3.8, 4) is 11.5 Å². The van der Waals surface area contributed by atoms with E-state index < -0.39 is 11.7 Å². The Balaban J connectivity index is 1.40. The molecule has 1 aliphatic rings. The van der Waals surface area contributed by atoms with E-state index in [1.165, 1.54) is 17.0 Å².